The van der Waals surface area contributed by atoms with Crippen LogP contribution < -0.4 is 0 Å². The van der Waals surface area contributed by atoms with Crippen LogP contribution in [0, 0.1) is 0 Å². The van der Waals surface area contributed by atoms with Gasteiger partial charge in [-0.2, -0.15) is 0 Å². The first-order valence-corrected chi connectivity index (χ1v) is 4.61. The van der Waals surface area contributed by atoms with Gasteiger partial charge in [-0.3, -0.25) is 9.59 Å². The quantitative estimate of drug-likeness (QED) is 0.286. The summed E-state index contributed by atoms with van der Waals surface area (Å²) in [5.74, 6) is -0.882. The number of carbonyl (C=O) groups excluding carboxylic acids is 2. The Bertz CT molecular complexity index is 335. The minimum Gasteiger partial charge on any atom is -0.457 e. The van der Waals surface area contributed by atoms with Gasteiger partial charge in [-0.15, -0.1) is 13.2 Å². The van der Waals surface area contributed by atoms with Crippen LogP contribution in [0.2, 0.25) is 0 Å². The molecule has 0 N–H and O–H groups in total. The summed E-state index contributed by atoms with van der Waals surface area (Å²) >= 11 is 0. The third kappa shape index (κ3) is 6.40. The fourth-order valence-electron chi connectivity index (χ4n) is 0.736. The molecule has 0 aromatic carbocycles. The molecule has 0 aliphatic rings. The first kappa shape index (κ1) is 13.9. The fraction of sp³-hybridized carbons (Fsp3) is 0.250. The molecule has 0 spiro atoms. The van der Waals surface area contributed by atoms with Gasteiger partial charge in [0.05, 0.1) is 12.8 Å². The van der Waals surface area contributed by atoms with Gasteiger partial charge in [0.1, 0.15) is 0 Å². The highest BCUT2D eigenvalue weighted by Crippen LogP contribution is 2.00. The van der Waals surface area contributed by atoms with E-state index in [-0.39, 0.29) is 25.2 Å². The van der Waals surface area contributed by atoms with Crippen LogP contribution in [0.25, 0.3) is 0 Å². The Morgan fingerprint density at radius 1 is 1.12 bits per heavy atom. The topological polar surface area (TPSA) is 52.6 Å². The van der Waals surface area contributed by atoms with Gasteiger partial charge < -0.3 is 9.47 Å². The van der Waals surface area contributed by atoms with Gasteiger partial charge in [0.25, 0.3) is 0 Å². The summed E-state index contributed by atoms with van der Waals surface area (Å²) in [6.45, 7) is 9.93. The number of esters is 2. The maximum atomic E-state index is 11.0. The van der Waals surface area contributed by atoms with Crippen LogP contribution in [-0.4, -0.2) is 18.5 Å². The predicted molar refractivity (Wildman–Crippen MR) is 59.3 cm³/mol. The van der Waals surface area contributed by atoms with Gasteiger partial charge in [-0.25, -0.2) is 0 Å². The van der Waals surface area contributed by atoms with E-state index in [0.29, 0.717) is 0 Å². The third-order valence-electron chi connectivity index (χ3n) is 1.42. The molecule has 0 aromatic rings. The minimum atomic E-state index is -0.499. The summed E-state index contributed by atoms with van der Waals surface area (Å²) in [7, 11) is 0. The summed E-state index contributed by atoms with van der Waals surface area (Å²) in [4.78, 5) is 22.0. The SMILES string of the molecule is C=C=C(COC(=O)CC=C)OC(=O)CC=C. The molecule has 0 aliphatic carbocycles. The Labute approximate surface area is 94.5 Å². The Morgan fingerprint density at radius 3 is 2.19 bits per heavy atom. The van der Waals surface area contributed by atoms with Crippen LogP contribution in [0.15, 0.2) is 43.4 Å². The van der Waals surface area contributed by atoms with Crippen LogP contribution in [0.4, 0.5) is 0 Å². The average Bonchev–Trinajstić information content (AvgIpc) is 2.25. The van der Waals surface area contributed by atoms with E-state index in [1.165, 1.54) is 12.2 Å². The van der Waals surface area contributed by atoms with Crippen molar-refractivity contribution < 1.29 is 19.1 Å². The molecule has 0 atom stereocenters. The first-order chi connectivity index (χ1) is 7.63. The second-order valence-electron chi connectivity index (χ2n) is 2.72. The molecule has 0 bridgehead atoms. The lowest BCUT2D eigenvalue weighted by molar-refractivity contribution is -0.146. The van der Waals surface area contributed by atoms with Crippen molar-refractivity contribution in [2.24, 2.45) is 0 Å². The molecule has 16 heavy (non-hydrogen) atoms. The van der Waals surface area contributed by atoms with E-state index in [0.717, 1.165) is 0 Å². The maximum absolute atomic E-state index is 11.0. The van der Waals surface area contributed by atoms with Crippen molar-refractivity contribution in [2.45, 2.75) is 12.8 Å². The highest BCUT2D eigenvalue weighted by atomic mass is 16.6. The Kier molecular flexibility index (Phi) is 7.20. The van der Waals surface area contributed by atoms with E-state index in [1.807, 2.05) is 0 Å². The Morgan fingerprint density at radius 2 is 1.69 bits per heavy atom. The molecule has 0 radical (unpaired) electrons. The molecule has 0 unspecified atom stereocenters. The van der Waals surface area contributed by atoms with Crippen molar-refractivity contribution in [3.8, 4) is 0 Å². The van der Waals surface area contributed by atoms with Crippen molar-refractivity contribution >= 4 is 11.9 Å². The van der Waals surface area contributed by atoms with E-state index >= 15 is 0 Å². The van der Waals surface area contributed by atoms with Crippen molar-refractivity contribution in [3.05, 3.63) is 43.4 Å². The average molecular weight is 222 g/mol. The molecule has 0 saturated carbocycles. The zero-order chi connectivity index (χ0) is 12.4. The molecule has 4 heteroatoms. The lowest BCUT2D eigenvalue weighted by atomic mass is 10.4. The van der Waals surface area contributed by atoms with Crippen LogP contribution in [0.3, 0.4) is 0 Å². The van der Waals surface area contributed by atoms with Crippen LogP contribution in [0.5, 0.6) is 0 Å². The molecule has 86 valence electrons. The molecule has 0 saturated heterocycles. The smallest absolute Gasteiger partial charge is 0.315 e. The summed E-state index contributed by atoms with van der Waals surface area (Å²) in [6, 6.07) is 0. The van der Waals surface area contributed by atoms with Crippen molar-refractivity contribution in [1.82, 2.24) is 0 Å². The highest BCUT2D eigenvalue weighted by molar-refractivity contribution is 5.73. The molecule has 0 amide bonds. The van der Waals surface area contributed by atoms with Crippen LogP contribution in [-0.2, 0) is 19.1 Å². The largest absolute Gasteiger partial charge is 0.457 e. The van der Waals surface area contributed by atoms with Gasteiger partial charge >= 0.3 is 11.9 Å². The first-order valence-electron chi connectivity index (χ1n) is 4.61. The third-order valence-corrected chi connectivity index (χ3v) is 1.42. The molecular formula is C12H14O4. The van der Waals surface area contributed by atoms with Gasteiger partial charge in [0, 0.05) is 0 Å². The molecule has 0 heterocycles. The van der Waals surface area contributed by atoms with Gasteiger partial charge in [0.15, 0.2) is 12.4 Å². The molecule has 0 aromatic heterocycles. The zero-order valence-corrected chi connectivity index (χ0v) is 9.03. The number of ether oxygens (including phenoxy) is 2. The maximum Gasteiger partial charge on any atom is 0.315 e. The standard InChI is InChI=1S/C12H14O4/c1-4-7-11(13)15-9-10(6-3)16-12(14)8-5-2/h4-5H,1-3,7-9H2. The highest BCUT2D eigenvalue weighted by Gasteiger charge is 2.07. The lowest BCUT2D eigenvalue weighted by Crippen LogP contribution is -2.11. The zero-order valence-electron chi connectivity index (χ0n) is 9.03. The number of carbonyl (C=O) groups is 2. The van der Waals surface area contributed by atoms with E-state index < -0.39 is 11.9 Å². The van der Waals surface area contributed by atoms with Crippen molar-refractivity contribution in [3.63, 3.8) is 0 Å². The minimum absolute atomic E-state index is 0.0734. The van der Waals surface area contributed by atoms with Gasteiger partial charge in [-0.05, 0) is 0 Å². The second kappa shape index (κ2) is 8.26. The molecule has 4 nitrogen and oxygen atoms in total. The van der Waals surface area contributed by atoms with Crippen LogP contribution in [0.1, 0.15) is 12.8 Å². The van der Waals surface area contributed by atoms with Crippen molar-refractivity contribution in [2.75, 3.05) is 6.61 Å². The van der Waals surface area contributed by atoms with Crippen molar-refractivity contribution in [1.29, 1.82) is 0 Å². The second-order valence-corrected chi connectivity index (χ2v) is 2.72. The van der Waals surface area contributed by atoms with Gasteiger partial charge in [0.2, 0.25) is 0 Å². The molecule has 0 rings (SSSR count). The summed E-state index contributed by atoms with van der Waals surface area (Å²) in [5, 5.41) is 0. The predicted octanol–water partition coefficient (Wildman–Crippen LogP) is 1.89. The summed E-state index contributed by atoms with van der Waals surface area (Å²) < 4.78 is 9.56. The van der Waals surface area contributed by atoms with E-state index in [9.17, 15) is 9.59 Å². The molecule has 0 aliphatic heterocycles. The van der Waals surface area contributed by atoms with E-state index in [2.05, 4.69) is 25.5 Å². The van der Waals surface area contributed by atoms with Crippen LogP contribution >= 0.6 is 0 Å². The Hall–Kier alpha value is -2.06. The van der Waals surface area contributed by atoms with E-state index in [1.54, 1.807) is 0 Å². The summed E-state index contributed by atoms with van der Waals surface area (Å²) in [5.41, 5.74) is 2.38. The van der Waals surface area contributed by atoms with Gasteiger partial charge in [-0.1, -0.05) is 24.5 Å². The monoisotopic (exact) mass is 222 g/mol. The normalized spacial score (nSPS) is 8.50. The Balaban J connectivity index is 4.08. The summed E-state index contributed by atoms with van der Waals surface area (Å²) in [6.07, 6.45) is 3.01. The number of hydrogen-bond donors (Lipinski definition) is 0. The molecule has 0 fully saturated rings. The molecular weight excluding hydrogens is 208 g/mol. The van der Waals surface area contributed by atoms with E-state index in [4.69, 9.17) is 9.47 Å². The number of hydrogen-bond acceptors (Lipinski definition) is 4. The number of rotatable bonds is 7. The fourth-order valence-corrected chi connectivity index (χ4v) is 0.736. The lowest BCUT2D eigenvalue weighted by Gasteiger charge is -2.06.